The molecule has 4 nitrogen and oxygen atoms in total. The fourth-order valence-electron chi connectivity index (χ4n) is 10.2. The molecule has 2 N–H and O–H groups in total. The van der Waals surface area contributed by atoms with Crippen LogP contribution >= 0.6 is 0 Å². The molecule has 0 radical (unpaired) electrons. The van der Waals surface area contributed by atoms with Crippen molar-refractivity contribution in [2.45, 2.75) is 362 Å². The van der Waals surface area contributed by atoms with Gasteiger partial charge in [0, 0.05) is 25.9 Å². The van der Waals surface area contributed by atoms with E-state index in [4.69, 9.17) is 9.47 Å². The van der Waals surface area contributed by atoms with E-state index < -0.39 is 0 Å². The summed E-state index contributed by atoms with van der Waals surface area (Å²) in [6.07, 6.45) is 29.4. The highest BCUT2D eigenvalue weighted by molar-refractivity contribution is 4.77. The van der Waals surface area contributed by atoms with Crippen molar-refractivity contribution in [2.24, 2.45) is 82.9 Å². The Bertz CT molecular complexity index is 774. The second-order valence-corrected chi connectivity index (χ2v) is 24.1. The van der Waals surface area contributed by atoms with Crippen LogP contribution in [0.15, 0.2) is 0 Å². The maximum atomic E-state index is 5.41. The van der Waals surface area contributed by atoms with Crippen LogP contribution < -0.4 is 10.6 Å². The lowest BCUT2D eigenvalue weighted by molar-refractivity contribution is 0.0758. The Morgan fingerprint density at radius 3 is 0.756 bits per heavy atom. The first kappa shape index (κ1) is 94.2. The van der Waals surface area contributed by atoms with Crippen molar-refractivity contribution in [2.75, 3.05) is 39.5 Å². The number of ether oxygens (including phenoxy) is 2. The van der Waals surface area contributed by atoms with Gasteiger partial charge in [-0.3, -0.25) is 0 Å². The number of hydrogen-bond acceptors (Lipinski definition) is 4. The molecular weight excluding hydrogens is 949 g/mol. The predicted molar refractivity (Wildman–Crippen MR) is 368 cm³/mol. The molecule has 4 heterocycles. The Labute approximate surface area is 502 Å². The maximum Gasteiger partial charge on any atom is 0.0598 e. The van der Waals surface area contributed by atoms with Gasteiger partial charge in [0.1, 0.15) is 0 Å². The van der Waals surface area contributed by atoms with E-state index in [-0.39, 0.29) is 0 Å². The van der Waals surface area contributed by atoms with Gasteiger partial charge in [0.15, 0.2) is 0 Å². The third-order valence-electron chi connectivity index (χ3n) is 16.4. The molecule has 4 saturated carbocycles. The van der Waals surface area contributed by atoms with Gasteiger partial charge in [-0.25, -0.2) is 0 Å². The summed E-state index contributed by atoms with van der Waals surface area (Å²) in [7, 11) is 0. The topological polar surface area (TPSA) is 42.5 Å². The molecule has 0 spiro atoms. The molecule has 4 atom stereocenters. The van der Waals surface area contributed by atoms with Gasteiger partial charge in [0.25, 0.3) is 0 Å². The standard InChI is InChI=1S/2C8H16.2C7H15N.2C7H14O.2C7H14.8C2H6/c2*1-7(2)8-5-3-4-6-8;1-6(2)7-3-4-8-5-7;1-6(2)7-4-3-5-8-7;1-6(2)7-3-4-8-5-7;1-6(2)7-4-3-5-8-7;2*1-6(2)7-4-3-5-7;8*1-2/h2*7-8H,3-6H2,1-2H3;2*6-8H,3-5H2,1-2H3;2*6-7H,3-5H2,1-2H3;2*6-7H,3-5H2,1-2H3;8*1-2H3. The summed E-state index contributed by atoms with van der Waals surface area (Å²) < 4.78 is 10.6. The minimum atomic E-state index is 0.565. The summed E-state index contributed by atoms with van der Waals surface area (Å²) in [6.45, 7) is 75.5. The summed E-state index contributed by atoms with van der Waals surface area (Å²) in [5.41, 5.74) is 0. The number of nitrogens with one attached hydrogen (secondary N) is 2. The van der Waals surface area contributed by atoms with Gasteiger partial charge in [-0.2, -0.15) is 0 Å². The van der Waals surface area contributed by atoms with E-state index in [9.17, 15) is 0 Å². The van der Waals surface area contributed by atoms with Gasteiger partial charge in [0.05, 0.1) is 6.10 Å². The molecular formula is C74H166N2O2. The maximum absolute atomic E-state index is 5.41. The first-order valence-electron chi connectivity index (χ1n) is 36.1. The van der Waals surface area contributed by atoms with E-state index in [1.165, 1.54) is 148 Å². The summed E-state index contributed by atoms with van der Waals surface area (Å²) in [4.78, 5) is 0. The molecule has 8 rings (SSSR count). The van der Waals surface area contributed by atoms with Gasteiger partial charge in [-0.05, 0) is 141 Å². The number of hydrogen-bond donors (Lipinski definition) is 2. The monoisotopic (exact) mass is 1120 g/mol. The van der Waals surface area contributed by atoms with Crippen molar-refractivity contribution >= 4 is 0 Å². The van der Waals surface area contributed by atoms with Crippen LogP contribution in [0.1, 0.15) is 350 Å². The molecule has 0 bridgehead atoms. The van der Waals surface area contributed by atoms with Gasteiger partial charge < -0.3 is 20.1 Å². The third-order valence-corrected chi connectivity index (χ3v) is 16.4. The summed E-state index contributed by atoms with van der Waals surface area (Å²) in [5.74, 6) is 13.1. The highest BCUT2D eigenvalue weighted by Gasteiger charge is 2.23. The van der Waals surface area contributed by atoms with E-state index >= 15 is 0 Å². The Morgan fingerprint density at radius 1 is 0.282 bits per heavy atom. The van der Waals surface area contributed by atoms with Gasteiger partial charge >= 0.3 is 0 Å². The van der Waals surface area contributed by atoms with Gasteiger partial charge in [0.2, 0.25) is 0 Å². The van der Waals surface area contributed by atoms with Crippen LogP contribution in [0.4, 0.5) is 0 Å². The van der Waals surface area contributed by atoms with Gasteiger partial charge in [-0.15, -0.1) is 0 Å². The van der Waals surface area contributed by atoms with Crippen LogP contribution in [0.3, 0.4) is 0 Å². The second kappa shape index (κ2) is 72.9. The smallest absolute Gasteiger partial charge is 0.0598 e. The van der Waals surface area contributed by atoms with E-state index in [0.717, 1.165) is 109 Å². The molecule has 4 saturated heterocycles. The zero-order chi connectivity index (χ0) is 62.5. The minimum Gasteiger partial charge on any atom is -0.381 e. The predicted octanol–water partition coefficient (Wildman–Crippen LogP) is 24.9. The van der Waals surface area contributed by atoms with Crippen molar-refractivity contribution in [1.82, 2.24) is 10.6 Å². The minimum absolute atomic E-state index is 0.565. The summed E-state index contributed by atoms with van der Waals surface area (Å²) in [6, 6.07) is 0.815. The molecule has 4 aliphatic carbocycles. The Morgan fingerprint density at radius 2 is 0.628 bits per heavy atom. The van der Waals surface area contributed by atoms with Crippen molar-refractivity contribution in [3.05, 3.63) is 0 Å². The van der Waals surface area contributed by atoms with Crippen molar-refractivity contribution < 1.29 is 9.47 Å². The first-order chi connectivity index (χ1) is 37.4. The molecule has 0 aromatic carbocycles. The normalized spacial score (nSPS) is 21.5. The first-order valence-corrected chi connectivity index (χ1v) is 36.1. The zero-order valence-electron chi connectivity index (χ0n) is 61.4. The van der Waals surface area contributed by atoms with Crippen molar-refractivity contribution in [1.29, 1.82) is 0 Å². The molecule has 484 valence electrons. The van der Waals surface area contributed by atoms with Crippen LogP contribution in [-0.2, 0) is 9.47 Å². The molecule has 0 aromatic heterocycles. The molecule has 4 aliphatic heterocycles. The van der Waals surface area contributed by atoms with Crippen LogP contribution in [0.25, 0.3) is 0 Å². The molecule has 4 heteroatoms. The molecule has 0 aromatic rings. The quantitative estimate of drug-likeness (QED) is 0.254. The Kier molecular flexibility index (Phi) is 88.1. The lowest BCUT2D eigenvalue weighted by atomic mass is 9.78. The van der Waals surface area contributed by atoms with Gasteiger partial charge in [-0.1, -0.05) is 311 Å². The lowest BCUT2D eigenvalue weighted by Gasteiger charge is -2.28. The molecule has 8 fully saturated rings. The van der Waals surface area contributed by atoms with Crippen LogP contribution in [0.5, 0.6) is 0 Å². The summed E-state index contributed by atoms with van der Waals surface area (Å²) >= 11 is 0. The zero-order valence-corrected chi connectivity index (χ0v) is 61.4. The molecule has 0 amide bonds. The van der Waals surface area contributed by atoms with Crippen molar-refractivity contribution in [3.63, 3.8) is 0 Å². The third kappa shape index (κ3) is 57.6. The number of rotatable bonds is 8. The SMILES string of the molecule is CC.CC.CC.CC.CC.CC.CC.CC.CC(C)C1CCC1.CC(C)C1CCC1.CC(C)C1CCCC1.CC(C)C1CCCC1.CC(C)C1CCCN1.CC(C)C1CCCO1.CC(C)C1CCNC1.CC(C)C1CCOC1. The van der Waals surface area contributed by atoms with Crippen LogP contribution in [-0.4, -0.2) is 51.6 Å². The second-order valence-electron chi connectivity index (χ2n) is 24.1. The molecule has 4 unspecified atom stereocenters. The lowest BCUT2D eigenvalue weighted by Crippen LogP contribution is -2.26. The highest BCUT2D eigenvalue weighted by atomic mass is 16.5. The Hall–Kier alpha value is -0.160. The fourth-order valence-corrected chi connectivity index (χ4v) is 10.2. The van der Waals surface area contributed by atoms with E-state index in [1.807, 2.05) is 111 Å². The Balaban J connectivity index is -0.000000115. The fraction of sp³-hybridized carbons (Fsp3) is 1.00. The van der Waals surface area contributed by atoms with Crippen LogP contribution in [0, 0.1) is 82.9 Å². The average molecular weight is 1120 g/mol. The highest BCUT2D eigenvalue weighted by Crippen LogP contribution is 2.34. The van der Waals surface area contributed by atoms with E-state index in [0.29, 0.717) is 6.10 Å². The van der Waals surface area contributed by atoms with Crippen LogP contribution in [0.2, 0.25) is 0 Å². The molecule has 78 heavy (non-hydrogen) atoms. The largest absolute Gasteiger partial charge is 0.381 e. The van der Waals surface area contributed by atoms with Crippen molar-refractivity contribution in [3.8, 4) is 0 Å². The molecule has 8 aliphatic rings. The summed E-state index contributed by atoms with van der Waals surface area (Å²) in [5, 5.41) is 6.81. The van der Waals surface area contributed by atoms with E-state index in [1.54, 1.807) is 0 Å². The average Bonchev–Trinajstić information content (AvgIpc) is 4.28. The van der Waals surface area contributed by atoms with E-state index in [2.05, 4.69) is 121 Å².